The molecule has 156 valence electrons. The van der Waals surface area contributed by atoms with Crippen LogP contribution >= 0.6 is 23.4 Å². The molecule has 0 spiro atoms. The number of halogens is 4. The predicted molar refractivity (Wildman–Crippen MR) is 109 cm³/mol. The summed E-state index contributed by atoms with van der Waals surface area (Å²) in [6.45, 7) is 0. The monoisotopic (exact) mass is 453 g/mol. The normalized spacial score (nSPS) is 11.8. The number of oxime groups is 1. The zero-order chi connectivity index (χ0) is 21.7. The van der Waals surface area contributed by atoms with Crippen molar-refractivity contribution in [2.75, 3.05) is 0 Å². The highest BCUT2D eigenvalue weighted by molar-refractivity contribution is 7.98. The molecule has 10 heteroatoms. The second kappa shape index (κ2) is 9.36. The number of carbonyl (C=O) groups is 1. The highest BCUT2D eigenvalue weighted by Gasteiger charge is 2.38. The number of hydrogen-bond acceptors (Lipinski definition) is 5. The summed E-state index contributed by atoms with van der Waals surface area (Å²) in [4.78, 5) is 16.7. The van der Waals surface area contributed by atoms with Crippen LogP contribution in [-0.4, -0.2) is 22.0 Å². The maximum Gasteiger partial charge on any atom is 0.435 e. The van der Waals surface area contributed by atoms with Gasteiger partial charge >= 0.3 is 12.1 Å². The molecule has 0 N–H and O–H groups in total. The van der Waals surface area contributed by atoms with E-state index >= 15 is 0 Å². The summed E-state index contributed by atoms with van der Waals surface area (Å²) in [7, 11) is 1.41. The molecular formula is C20H15ClF3N3O2S. The molecule has 3 aromatic rings. The van der Waals surface area contributed by atoms with E-state index in [-0.39, 0.29) is 16.2 Å². The maximum atomic E-state index is 13.4. The lowest BCUT2D eigenvalue weighted by Gasteiger charge is -2.05. The Kier molecular flexibility index (Phi) is 6.84. The van der Waals surface area contributed by atoms with Crippen molar-refractivity contribution in [2.24, 2.45) is 12.2 Å². The molecule has 1 heterocycles. The molecule has 0 radical (unpaired) electrons. The number of rotatable bonds is 6. The van der Waals surface area contributed by atoms with Gasteiger partial charge in [-0.15, -0.1) is 11.8 Å². The van der Waals surface area contributed by atoms with Gasteiger partial charge in [-0.25, -0.2) is 4.79 Å². The summed E-state index contributed by atoms with van der Waals surface area (Å²) in [5, 5.41) is 7.86. The first-order valence-corrected chi connectivity index (χ1v) is 9.93. The minimum atomic E-state index is -4.69. The topological polar surface area (TPSA) is 56.5 Å². The Morgan fingerprint density at radius 1 is 1.20 bits per heavy atom. The van der Waals surface area contributed by atoms with Gasteiger partial charge < -0.3 is 4.84 Å². The van der Waals surface area contributed by atoms with Crippen LogP contribution < -0.4 is 0 Å². The SMILES string of the molecule is Cn1nc(C(F)(F)F)c(/C=N/OC(=O)c2ccccc2)c1SCc1ccc(Cl)cc1. The van der Waals surface area contributed by atoms with Gasteiger partial charge in [0.1, 0.15) is 5.03 Å². The van der Waals surface area contributed by atoms with Gasteiger partial charge in [0.2, 0.25) is 0 Å². The molecule has 0 atom stereocenters. The molecule has 0 bridgehead atoms. The molecule has 0 saturated heterocycles. The van der Waals surface area contributed by atoms with E-state index in [9.17, 15) is 18.0 Å². The molecule has 0 aliphatic carbocycles. The fourth-order valence-electron chi connectivity index (χ4n) is 2.51. The summed E-state index contributed by atoms with van der Waals surface area (Å²) in [5.41, 5.74) is -0.278. The van der Waals surface area contributed by atoms with Crippen molar-refractivity contribution in [3.05, 3.63) is 82.0 Å². The molecule has 0 amide bonds. The minimum absolute atomic E-state index is 0.231. The number of benzene rings is 2. The molecule has 3 rings (SSSR count). The fourth-order valence-corrected chi connectivity index (χ4v) is 3.66. The molecule has 30 heavy (non-hydrogen) atoms. The van der Waals surface area contributed by atoms with Crippen LogP contribution in [0.2, 0.25) is 5.02 Å². The summed E-state index contributed by atoms with van der Waals surface area (Å²) in [5.74, 6) is -0.391. The van der Waals surface area contributed by atoms with Crippen LogP contribution in [-0.2, 0) is 23.8 Å². The molecule has 0 saturated carbocycles. The number of carbonyl (C=O) groups excluding carboxylic acids is 1. The third-order valence-corrected chi connectivity index (χ3v) is 5.40. The Morgan fingerprint density at radius 2 is 1.87 bits per heavy atom. The highest BCUT2D eigenvalue weighted by atomic mass is 35.5. The lowest BCUT2D eigenvalue weighted by Crippen LogP contribution is -2.09. The second-order valence-electron chi connectivity index (χ2n) is 6.08. The number of aromatic nitrogens is 2. The van der Waals surface area contributed by atoms with Crippen LogP contribution in [0.25, 0.3) is 0 Å². The Balaban J connectivity index is 1.83. The van der Waals surface area contributed by atoms with Crippen molar-refractivity contribution in [2.45, 2.75) is 17.0 Å². The average molecular weight is 454 g/mol. The Labute approximate surface area is 179 Å². The lowest BCUT2D eigenvalue weighted by molar-refractivity contribution is -0.141. The van der Waals surface area contributed by atoms with Gasteiger partial charge in [0.15, 0.2) is 5.69 Å². The summed E-state index contributed by atoms with van der Waals surface area (Å²) in [6, 6.07) is 15.0. The van der Waals surface area contributed by atoms with Crippen LogP contribution in [0.15, 0.2) is 64.8 Å². The zero-order valence-electron chi connectivity index (χ0n) is 15.6. The zero-order valence-corrected chi connectivity index (χ0v) is 17.1. The quantitative estimate of drug-likeness (QED) is 0.212. The van der Waals surface area contributed by atoms with Gasteiger partial charge in [0.05, 0.1) is 17.3 Å². The van der Waals surface area contributed by atoms with E-state index in [0.717, 1.165) is 28.2 Å². The van der Waals surface area contributed by atoms with Crippen molar-refractivity contribution >= 4 is 35.5 Å². The Morgan fingerprint density at radius 3 is 2.50 bits per heavy atom. The molecule has 5 nitrogen and oxygen atoms in total. The van der Waals surface area contributed by atoms with Gasteiger partial charge in [0, 0.05) is 17.8 Å². The van der Waals surface area contributed by atoms with Crippen LogP contribution in [0.4, 0.5) is 13.2 Å². The molecule has 1 aromatic heterocycles. The Bertz CT molecular complexity index is 1050. The van der Waals surface area contributed by atoms with E-state index in [1.165, 1.54) is 19.2 Å². The lowest BCUT2D eigenvalue weighted by atomic mass is 10.2. The van der Waals surface area contributed by atoms with Gasteiger partial charge in [0.25, 0.3) is 0 Å². The first kappa shape index (κ1) is 21.9. The van der Waals surface area contributed by atoms with E-state index in [4.69, 9.17) is 16.4 Å². The van der Waals surface area contributed by atoms with E-state index < -0.39 is 17.8 Å². The number of aryl methyl sites for hydroxylation is 1. The van der Waals surface area contributed by atoms with E-state index in [1.807, 2.05) is 0 Å². The van der Waals surface area contributed by atoms with Gasteiger partial charge in [-0.1, -0.05) is 47.1 Å². The summed E-state index contributed by atoms with van der Waals surface area (Å²) >= 11 is 7.01. The van der Waals surface area contributed by atoms with Crippen molar-refractivity contribution in [3.8, 4) is 0 Å². The first-order chi connectivity index (χ1) is 14.3. The Hall–Kier alpha value is -2.78. The predicted octanol–water partition coefficient (Wildman–Crippen LogP) is 5.58. The first-order valence-electron chi connectivity index (χ1n) is 8.57. The van der Waals surface area contributed by atoms with Crippen LogP contribution in [0.5, 0.6) is 0 Å². The summed E-state index contributed by atoms with van der Waals surface area (Å²) in [6.07, 6.45) is -3.83. The standard InChI is InChI=1S/C20H15ClF3N3O2S/c1-27-18(30-12-13-7-9-15(21)10-8-13)16(17(26-27)20(22,23)24)11-25-29-19(28)14-5-3-2-4-6-14/h2-11H,12H2,1H3/b25-11+. The van der Waals surface area contributed by atoms with E-state index in [1.54, 1.807) is 42.5 Å². The molecule has 2 aromatic carbocycles. The second-order valence-corrected chi connectivity index (χ2v) is 7.48. The molecular weight excluding hydrogens is 439 g/mol. The average Bonchev–Trinajstić information content (AvgIpc) is 3.04. The van der Waals surface area contributed by atoms with Crippen LogP contribution in [0.3, 0.4) is 0 Å². The number of alkyl halides is 3. The molecule has 0 fully saturated rings. The highest BCUT2D eigenvalue weighted by Crippen LogP contribution is 2.36. The smallest absolute Gasteiger partial charge is 0.313 e. The third-order valence-electron chi connectivity index (χ3n) is 3.91. The van der Waals surface area contributed by atoms with Crippen molar-refractivity contribution in [1.82, 2.24) is 9.78 Å². The fraction of sp³-hybridized carbons (Fsp3) is 0.150. The van der Waals surface area contributed by atoms with Crippen LogP contribution in [0.1, 0.15) is 27.2 Å². The van der Waals surface area contributed by atoms with E-state index in [2.05, 4.69) is 10.3 Å². The maximum absolute atomic E-state index is 13.4. The van der Waals surface area contributed by atoms with Gasteiger partial charge in [-0.3, -0.25) is 4.68 Å². The number of thioether (sulfide) groups is 1. The van der Waals surface area contributed by atoms with Crippen molar-refractivity contribution in [1.29, 1.82) is 0 Å². The van der Waals surface area contributed by atoms with Gasteiger partial charge in [-0.2, -0.15) is 18.3 Å². The number of nitrogens with zero attached hydrogens (tertiary/aromatic N) is 3. The van der Waals surface area contributed by atoms with Crippen molar-refractivity contribution in [3.63, 3.8) is 0 Å². The molecule has 0 aliphatic rings. The largest absolute Gasteiger partial charge is 0.435 e. The molecule has 0 aliphatic heterocycles. The summed E-state index contributed by atoms with van der Waals surface area (Å²) < 4.78 is 41.4. The minimum Gasteiger partial charge on any atom is -0.313 e. The van der Waals surface area contributed by atoms with E-state index in [0.29, 0.717) is 10.8 Å². The van der Waals surface area contributed by atoms with Gasteiger partial charge in [-0.05, 0) is 29.8 Å². The molecule has 0 unspecified atom stereocenters. The third kappa shape index (κ3) is 5.43. The number of hydrogen-bond donors (Lipinski definition) is 0. The van der Waals surface area contributed by atoms with Crippen LogP contribution in [0, 0.1) is 0 Å². The van der Waals surface area contributed by atoms with Crippen molar-refractivity contribution < 1.29 is 22.8 Å².